The van der Waals surface area contributed by atoms with Crippen molar-refractivity contribution >= 4 is 5.97 Å². The molecule has 0 saturated heterocycles. The largest absolute Gasteiger partial charge is 0.481 e. The lowest BCUT2D eigenvalue weighted by Gasteiger charge is -1.95. The van der Waals surface area contributed by atoms with Crippen molar-refractivity contribution < 1.29 is 9.90 Å². The molecule has 0 spiro atoms. The van der Waals surface area contributed by atoms with E-state index in [4.69, 9.17) is 5.11 Å². The summed E-state index contributed by atoms with van der Waals surface area (Å²) < 4.78 is 0. The van der Waals surface area contributed by atoms with Crippen molar-refractivity contribution in [3.63, 3.8) is 0 Å². The van der Waals surface area contributed by atoms with E-state index in [0.29, 0.717) is 6.42 Å². The van der Waals surface area contributed by atoms with Gasteiger partial charge in [0.15, 0.2) is 0 Å². The molecule has 0 bridgehead atoms. The van der Waals surface area contributed by atoms with Crippen LogP contribution in [0.5, 0.6) is 0 Å². The van der Waals surface area contributed by atoms with Crippen molar-refractivity contribution in [3.8, 4) is 0 Å². The summed E-state index contributed by atoms with van der Waals surface area (Å²) in [6.07, 6.45) is 26.3. The van der Waals surface area contributed by atoms with Crippen molar-refractivity contribution in [1.29, 1.82) is 0 Å². The second-order valence-corrected chi connectivity index (χ2v) is 5.72. The second-order valence-electron chi connectivity index (χ2n) is 5.72. The van der Waals surface area contributed by atoms with Crippen molar-refractivity contribution in [2.45, 2.75) is 84.0 Å². The van der Waals surface area contributed by atoms with E-state index in [1.165, 1.54) is 51.4 Å². The van der Waals surface area contributed by atoms with Gasteiger partial charge in [-0.15, -0.1) is 0 Å². The lowest BCUT2D eigenvalue weighted by molar-refractivity contribution is -0.136. The molecule has 0 saturated carbocycles. The molecule has 0 aliphatic heterocycles. The third kappa shape index (κ3) is 18.7. The molecule has 0 atom stereocenters. The predicted octanol–water partition coefficient (Wildman–Crippen LogP) is 6.44. The predicted molar refractivity (Wildman–Crippen MR) is 96.1 cm³/mol. The highest BCUT2D eigenvalue weighted by molar-refractivity contribution is 5.66. The minimum Gasteiger partial charge on any atom is -0.481 e. The number of rotatable bonds is 15. The van der Waals surface area contributed by atoms with Crippen LogP contribution in [0.15, 0.2) is 36.5 Å². The molecule has 0 fully saturated rings. The monoisotopic (exact) mass is 306 g/mol. The summed E-state index contributed by atoms with van der Waals surface area (Å²) in [5.74, 6) is -0.716. The number of unbranched alkanes of at least 4 members (excludes halogenated alkanes) is 7. The van der Waals surface area contributed by atoms with Crippen LogP contribution >= 0.6 is 0 Å². The zero-order chi connectivity index (χ0) is 16.3. The third-order valence-electron chi connectivity index (χ3n) is 3.51. The zero-order valence-electron chi connectivity index (χ0n) is 14.3. The average molecular weight is 306 g/mol. The van der Waals surface area contributed by atoms with Crippen LogP contribution in [0.4, 0.5) is 0 Å². The van der Waals surface area contributed by atoms with E-state index in [1.807, 2.05) is 6.08 Å². The first-order valence-corrected chi connectivity index (χ1v) is 8.94. The van der Waals surface area contributed by atoms with E-state index >= 15 is 0 Å². The Morgan fingerprint density at radius 3 is 1.77 bits per heavy atom. The number of hydrogen-bond acceptors (Lipinski definition) is 1. The average Bonchev–Trinajstić information content (AvgIpc) is 2.50. The van der Waals surface area contributed by atoms with E-state index in [9.17, 15) is 4.79 Å². The maximum absolute atomic E-state index is 10.3. The first-order chi connectivity index (χ1) is 10.8. The summed E-state index contributed by atoms with van der Waals surface area (Å²) >= 11 is 0. The smallest absolute Gasteiger partial charge is 0.303 e. The Kier molecular flexibility index (Phi) is 16.7. The Balaban J connectivity index is 3.25. The zero-order valence-corrected chi connectivity index (χ0v) is 14.3. The molecule has 2 nitrogen and oxygen atoms in total. The third-order valence-corrected chi connectivity index (χ3v) is 3.51. The van der Waals surface area contributed by atoms with Gasteiger partial charge in [-0.2, -0.15) is 0 Å². The lowest BCUT2D eigenvalue weighted by atomic mass is 10.1. The highest BCUT2D eigenvalue weighted by Gasteiger charge is 1.91. The van der Waals surface area contributed by atoms with Crippen LogP contribution < -0.4 is 0 Å². The summed E-state index contributed by atoms with van der Waals surface area (Å²) in [7, 11) is 0. The van der Waals surface area contributed by atoms with Crippen LogP contribution in [0.1, 0.15) is 84.0 Å². The molecule has 0 amide bonds. The standard InChI is InChI=1S/C20H34O2/c1-2-3-4-5-6-7-8-9-10-11-12-13-14-15-16-17-18-19-20(21)22/h6-7,9-10,16-17H,2-5,8,11-15,18-19H2,1H3,(H,21,22)/b7-6+,10-9+,17-16+. The molecule has 2 heteroatoms. The van der Waals surface area contributed by atoms with Crippen molar-refractivity contribution in [2.75, 3.05) is 0 Å². The van der Waals surface area contributed by atoms with Gasteiger partial charge in [0.25, 0.3) is 0 Å². The van der Waals surface area contributed by atoms with E-state index in [1.54, 1.807) is 0 Å². The van der Waals surface area contributed by atoms with Gasteiger partial charge in [0.05, 0.1) is 0 Å². The molecule has 0 heterocycles. The van der Waals surface area contributed by atoms with Crippen molar-refractivity contribution in [3.05, 3.63) is 36.5 Å². The van der Waals surface area contributed by atoms with Gasteiger partial charge in [0, 0.05) is 6.42 Å². The molecule has 0 unspecified atom stereocenters. The molecular formula is C20H34O2. The molecule has 0 rings (SSSR count). The number of aliphatic carboxylic acids is 1. The van der Waals surface area contributed by atoms with Gasteiger partial charge >= 0.3 is 5.97 Å². The molecule has 0 aromatic carbocycles. The van der Waals surface area contributed by atoms with Gasteiger partial charge in [-0.25, -0.2) is 0 Å². The Morgan fingerprint density at radius 2 is 1.23 bits per heavy atom. The van der Waals surface area contributed by atoms with Crippen LogP contribution in [-0.2, 0) is 4.79 Å². The van der Waals surface area contributed by atoms with Crippen LogP contribution in [0.3, 0.4) is 0 Å². The maximum atomic E-state index is 10.3. The molecule has 126 valence electrons. The quantitative estimate of drug-likeness (QED) is 0.279. The van der Waals surface area contributed by atoms with Gasteiger partial charge in [0.1, 0.15) is 0 Å². The minimum absolute atomic E-state index is 0.244. The molecule has 0 radical (unpaired) electrons. The summed E-state index contributed by atoms with van der Waals surface area (Å²) in [5, 5.41) is 8.49. The van der Waals surface area contributed by atoms with Crippen LogP contribution in [-0.4, -0.2) is 11.1 Å². The Morgan fingerprint density at radius 1 is 0.727 bits per heavy atom. The fraction of sp³-hybridized carbons (Fsp3) is 0.650. The highest BCUT2D eigenvalue weighted by atomic mass is 16.4. The van der Waals surface area contributed by atoms with Gasteiger partial charge in [-0.3, -0.25) is 4.79 Å². The summed E-state index contributed by atoms with van der Waals surface area (Å²) in [4.78, 5) is 10.3. The molecule has 0 aromatic rings. The van der Waals surface area contributed by atoms with Crippen LogP contribution in [0, 0.1) is 0 Å². The van der Waals surface area contributed by atoms with Gasteiger partial charge in [0.2, 0.25) is 0 Å². The van der Waals surface area contributed by atoms with E-state index in [2.05, 4.69) is 37.3 Å². The normalized spacial score (nSPS) is 12.0. The lowest BCUT2D eigenvalue weighted by Crippen LogP contribution is -1.91. The number of carbonyl (C=O) groups is 1. The fourth-order valence-electron chi connectivity index (χ4n) is 2.16. The van der Waals surface area contributed by atoms with Crippen molar-refractivity contribution in [2.24, 2.45) is 0 Å². The molecule has 22 heavy (non-hydrogen) atoms. The Bertz CT molecular complexity index is 327. The minimum atomic E-state index is -0.716. The second kappa shape index (κ2) is 17.7. The number of carboxylic acid groups (broad SMARTS) is 1. The fourth-order valence-corrected chi connectivity index (χ4v) is 2.16. The van der Waals surface area contributed by atoms with E-state index in [0.717, 1.165) is 12.8 Å². The van der Waals surface area contributed by atoms with Crippen LogP contribution in [0.2, 0.25) is 0 Å². The summed E-state index contributed by atoms with van der Waals surface area (Å²) in [5.41, 5.74) is 0. The van der Waals surface area contributed by atoms with Gasteiger partial charge in [-0.05, 0) is 51.4 Å². The maximum Gasteiger partial charge on any atom is 0.303 e. The van der Waals surface area contributed by atoms with E-state index < -0.39 is 5.97 Å². The van der Waals surface area contributed by atoms with Crippen LogP contribution in [0.25, 0.3) is 0 Å². The SMILES string of the molecule is CCCCC/C=C/C/C=C/CCCCC/C=C/CCC(=O)O. The molecular weight excluding hydrogens is 272 g/mol. The number of allylic oxidation sites excluding steroid dienone is 6. The topological polar surface area (TPSA) is 37.3 Å². The molecule has 0 aliphatic carbocycles. The summed E-state index contributed by atoms with van der Waals surface area (Å²) in [6.45, 7) is 2.24. The first-order valence-electron chi connectivity index (χ1n) is 8.94. The van der Waals surface area contributed by atoms with Crippen molar-refractivity contribution in [1.82, 2.24) is 0 Å². The van der Waals surface area contributed by atoms with Gasteiger partial charge < -0.3 is 5.11 Å². The molecule has 0 aromatic heterocycles. The van der Waals surface area contributed by atoms with E-state index in [-0.39, 0.29) is 6.42 Å². The summed E-state index contributed by atoms with van der Waals surface area (Å²) in [6, 6.07) is 0. The molecule has 0 aliphatic rings. The van der Waals surface area contributed by atoms with Gasteiger partial charge in [-0.1, -0.05) is 62.6 Å². The molecule has 1 N–H and O–H groups in total. The number of hydrogen-bond donors (Lipinski definition) is 1. The first kappa shape index (κ1) is 20.7. The highest BCUT2D eigenvalue weighted by Crippen LogP contribution is 2.06. The Hall–Kier alpha value is -1.31. The number of carboxylic acids is 1. The Labute approximate surface area is 137 Å².